The van der Waals surface area contributed by atoms with Crippen molar-refractivity contribution in [2.75, 3.05) is 17.7 Å². The lowest BCUT2D eigenvalue weighted by molar-refractivity contribution is 0.155. The van der Waals surface area contributed by atoms with Crippen LogP contribution in [0.4, 0.5) is 11.8 Å². The number of rotatable bonds is 3. The zero-order valence-electron chi connectivity index (χ0n) is 12.5. The third kappa shape index (κ3) is 2.82. The number of nitrogens with zero attached hydrogens (tertiary/aromatic N) is 2. The first-order chi connectivity index (χ1) is 10.0. The third-order valence-electron chi connectivity index (χ3n) is 4.45. The van der Waals surface area contributed by atoms with Crippen LogP contribution >= 0.6 is 11.3 Å². The first kappa shape index (κ1) is 14.5. The number of aromatic nitrogens is 2. The highest BCUT2D eigenvalue weighted by atomic mass is 32.1. The molecule has 2 aromatic heterocycles. The number of nitrogens with two attached hydrogens (primary N) is 1. The van der Waals surface area contributed by atoms with Crippen LogP contribution in [-0.4, -0.2) is 27.2 Å². The van der Waals surface area contributed by atoms with Gasteiger partial charge in [0.15, 0.2) is 0 Å². The van der Waals surface area contributed by atoms with Crippen molar-refractivity contribution < 1.29 is 5.11 Å². The van der Waals surface area contributed by atoms with Crippen molar-refractivity contribution in [3.05, 3.63) is 10.9 Å². The standard InChI is InChI=1S/C15H22N4OS/c1-9-3-5-15(8-20,6-4-9)19-12-11-7-10(2)21-13(11)18-14(16)17-12/h7,9,20H,3-6,8H2,1-2H3,(H3,16,17,18,19). The maximum Gasteiger partial charge on any atom is 0.223 e. The van der Waals surface area contributed by atoms with E-state index in [1.165, 1.54) is 4.88 Å². The summed E-state index contributed by atoms with van der Waals surface area (Å²) in [6.45, 7) is 4.44. The molecule has 6 heteroatoms. The van der Waals surface area contributed by atoms with Gasteiger partial charge in [0.05, 0.1) is 17.5 Å². The molecule has 0 atom stereocenters. The normalized spacial score (nSPS) is 26.1. The van der Waals surface area contributed by atoms with E-state index in [1.807, 2.05) is 0 Å². The zero-order valence-corrected chi connectivity index (χ0v) is 13.3. The Balaban J connectivity index is 1.96. The molecule has 3 rings (SSSR count). The monoisotopic (exact) mass is 306 g/mol. The number of hydrogen-bond donors (Lipinski definition) is 3. The Labute approximate surface area is 128 Å². The quantitative estimate of drug-likeness (QED) is 0.812. The Morgan fingerprint density at radius 3 is 2.81 bits per heavy atom. The highest BCUT2D eigenvalue weighted by Crippen LogP contribution is 2.37. The smallest absolute Gasteiger partial charge is 0.223 e. The Bertz CT molecular complexity index is 646. The predicted molar refractivity (Wildman–Crippen MR) is 87.6 cm³/mol. The number of nitrogen functional groups attached to an aromatic ring is 1. The van der Waals surface area contributed by atoms with E-state index >= 15 is 0 Å². The molecule has 114 valence electrons. The van der Waals surface area contributed by atoms with E-state index in [4.69, 9.17) is 5.73 Å². The van der Waals surface area contributed by atoms with Crippen LogP contribution in [0.3, 0.4) is 0 Å². The van der Waals surface area contributed by atoms with Gasteiger partial charge in [-0.1, -0.05) is 6.92 Å². The SMILES string of the molecule is Cc1cc2c(NC3(CO)CCC(C)CC3)nc(N)nc2s1. The number of thiophene rings is 1. The summed E-state index contributed by atoms with van der Waals surface area (Å²) in [5.74, 6) is 1.76. The van der Waals surface area contributed by atoms with Crippen molar-refractivity contribution in [3.63, 3.8) is 0 Å². The van der Waals surface area contributed by atoms with Crippen molar-refractivity contribution in [2.45, 2.75) is 45.1 Å². The molecule has 0 amide bonds. The van der Waals surface area contributed by atoms with Crippen LogP contribution in [-0.2, 0) is 0 Å². The van der Waals surface area contributed by atoms with Gasteiger partial charge >= 0.3 is 0 Å². The maximum absolute atomic E-state index is 9.90. The summed E-state index contributed by atoms with van der Waals surface area (Å²) in [5.41, 5.74) is 5.55. The van der Waals surface area contributed by atoms with Crippen molar-refractivity contribution in [3.8, 4) is 0 Å². The fourth-order valence-corrected chi connectivity index (χ4v) is 3.93. The second kappa shape index (κ2) is 5.42. The van der Waals surface area contributed by atoms with E-state index in [0.29, 0.717) is 0 Å². The summed E-state index contributed by atoms with van der Waals surface area (Å²) >= 11 is 1.62. The van der Waals surface area contributed by atoms with Gasteiger partial charge in [0.1, 0.15) is 10.6 Å². The van der Waals surface area contributed by atoms with Gasteiger partial charge in [0.2, 0.25) is 5.95 Å². The number of fused-ring (bicyclic) bond motifs is 1. The van der Waals surface area contributed by atoms with Crippen molar-refractivity contribution in [1.82, 2.24) is 9.97 Å². The Hall–Kier alpha value is -1.40. The summed E-state index contributed by atoms with van der Waals surface area (Å²) in [4.78, 5) is 10.8. The van der Waals surface area contributed by atoms with Crippen molar-refractivity contribution >= 4 is 33.3 Å². The first-order valence-corrected chi connectivity index (χ1v) is 8.26. The molecular weight excluding hydrogens is 284 g/mol. The molecule has 0 bridgehead atoms. The molecule has 0 aliphatic heterocycles. The molecule has 21 heavy (non-hydrogen) atoms. The van der Waals surface area contributed by atoms with Gasteiger partial charge in [-0.3, -0.25) is 0 Å². The summed E-state index contributed by atoms with van der Waals surface area (Å²) in [7, 11) is 0. The molecule has 0 saturated heterocycles. The van der Waals surface area contributed by atoms with Gasteiger partial charge in [0, 0.05) is 4.88 Å². The second-order valence-corrected chi connectivity index (χ2v) is 7.49. The van der Waals surface area contributed by atoms with Crippen LogP contribution in [0.15, 0.2) is 6.07 Å². The summed E-state index contributed by atoms with van der Waals surface area (Å²) in [6.07, 6.45) is 4.16. The molecule has 0 unspecified atom stereocenters. The number of nitrogens with one attached hydrogen (secondary N) is 1. The average molecular weight is 306 g/mol. The number of aliphatic hydroxyl groups is 1. The Morgan fingerprint density at radius 1 is 1.43 bits per heavy atom. The Kier molecular flexibility index (Phi) is 3.75. The van der Waals surface area contributed by atoms with Crippen LogP contribution in [0.25, 0.3) is 10.2 Å². The molecule has 1 saturated carbocycles. The van der Waals surface area contributed by atoms with Gasteiger partial charge in [-0.05, 0) is 44.6 Å². The summed E-state index contributed by atoms with van der Waals surface area (Å²) in [5, 5.41) is 14.4. The lowest BCUT2D eigenvalue weighted by atomic mass is 9.77. The average Bonchev–Trinajstić information content (AvgIpc) is 2.82. The van der Waals surface area contributed by atoms with Crippen LogP contribution in [0.1, 0.15) is 37.5 Å². The number of hydrogen-bond acceptors (Lipinski definition) is 6. The molecule has 5 nitrogen and oxygen atoms in total. The molecule has 2 heterocycles. The van der Waals surface area contributed by atoms with Gasteiger partial charge in [-0.15, -0.1) is 11.3 Å². The Morgan fingerprint density at radius 2 is 2.14 bits per heavy atom. The minimum absolute atomic E-state index is 0.119. The van der Waals surface area contributed by atoms with Crippen LogP contribution < -0.4 is 11.1 Å². The van der Waals surface area contributed by atoms with Gasteiger partial charge < -0.3 is 16.2 Å². The molecule has 1 aliphatic rings. The highest BCUT2D eigenvalue weighted by molar-refractivity contribution is 7.18. The van der Waals surface area contributed by atoms with E-state index < -0.39 is 0 Å². The lowest BCUT2D eigenvalue weighted by Crippen LogP contribution is -2.45. The molecule has 0 aromatic carbocycles. The predicted octanol–water partition coefficient (Wildman–Crippen LogP) is 2.94. The van der Waals surface area contributed by atoms with E-state index in [0.717, 1.165) is 47.6 Å². The fraction of sp³-hybridized carbons (Fsp3) is 0.600. The molecule has 2 aromatic rings. The van der Waals surface area contributed by atoms with E-state index in [1.54, 1.807) is 11.3 Å². The van der Waals surface area contributed by atoms with Gasteiger partial charge in [-0.25, -0.2) is 4.98 Å². The fourth-order valence-electron chi connectivity index (χ4n) is 3.04. The van der Waals surface area contributed by atoms with Gasteiger partial charge in [-0.2, -0.15) is 4.98 Å². The highest BCUT2D eigenvalue weighted by Gasteiger charge is 2.34. The summed E-state index contributed by atoms with van der Waals surface area (Å²) in [6, 6.07) is 2.08. The zero-order chi connectivity index (χ0) is 15.0. The first-order valence-electron chi connectivity index (χ1n) is 7.44. The van der Waals surface area contributed by atoms with Crippen LogP contribution in [0, 0.1) is 12.8 Å². The van der Waals surface area contributed by atoms with Crippen LogP contribution in [0.2, 0.25) is 0 Å². The van der Waals surface area contributed by atoms with Crippen LogP contribution in [0.5, 0.6) is 0 Å². The number of aliphatic hydroxyl groups excluding tert-OH is 1. The minimum atomic E-state index is -0.282. The summed E-state index contributed by atoms with van der Waals surface area (Å²) < 4.78 is 0. The number of aryl methyl sites for hydroxylation is 1. The largest absolute Gasteiger partial charge is 0.394 e. The van der Waals surface area contributed by atoms with Gasteiger partial charge in [0.25, 0.3) is 0 Å². The van der Waals surface area contributed by atoms with E-state index in [-0.39, 0.29) is 18.1 Å². The van der Waals surface area contributed by atoms with E-state index in [9.17, 15) is 5.11 Å². The molecule has 1 fully saturated rings. The maximum atomic E-state index is 9.90. The van der Waals surface area contributed by atoms with E-state index in [2.05, 4.69) is 35.2 Å². The molecular formula is C15H22N4OS. The van der Waals surface area contributed by atoms with Crippen molar-refractivity contribution in [2.24, 2.45) is 5.92 Å². The van der Waals surface area contributed by atoms with Crippen molar-refractivity contribution in [1.29, 1.82) is 0 Å². The molecule has 0 radical (unpaired) electrons. The lowest BCUT2D eigenvalue weighted by Gasteiger charge is -2.39. The molecule has 4 N–H and O–H groups in total. The minimum Gasteiger partial charge on any atom is -0.394 e. The second-order valence-electron chi connectivity index (χ2n) is 6.25. The topological polar surface area (TPSA) is 84.1 Å². The molecule has 1 aliphatic carbocycles. The number of anilines is 2. The third-order valence-corrected chi connectivity index (χ3v) is 5.40. The molecule has 0 spiro atoms.